The average molecular weight is 215 g/mol. The van der Waals surface area contributed by atoms with E-state index < -0.39 is 11.9 Å². The first-order valence-corrected chi connectivity index (χ1v) is 5.26. The Balaban J connectivity index is 2.16. The zero-order chi connectivity index (χ0) is 11.3. The van der Waals surface area contributed by atoms with Gasteiger partial charge >= 0.3 is 11.9 Å². The molecule has 1 amide bonds. The van der Waals surface area contributed by atoms with Gasteiger partial charge in [0.2, 0.25) is 0 Å². The van der Waals surface area contributed by atoms with Crippen LogP contribution in [0.3, 0.4) is 0 Å². The van der Waals surface area contributed by atoms with Crippen LogP contribution in [-0.2, 0) is 19.1 Å². The lowest BCUT2D eigenvalue weighted by Crippen LogP contribution is -2.50. The minimum Gasteiger partial charge on any atom is -0.459 e. The van der Waals surface area contributed by atoms with Crippen molar-refractivity contribution >= 4 is 11.9 Å². The van der Waals surface area contributed by atoms with Crippen molar-refractivity contribution in [1.29, 1.82) is 0 Å². The molecule has 0 spiro atoms. The van der Waals surface area contributed by atoms with Gasteiger partial charge < -0.3 is 14.8 Å². The maximum absolute atomic E-state index is 11.2. The molecule has 0 bridgehead atoms. The Bertz CT molecular complexity index is 236. The smallest absolute Gasteiger partial charge is 0.396 e. The van der Waals surface area contributed by atoms with E-state index in [1.165, 1.54) is 0 Å². The van der Waals surface area contributed by atoms with E-state index in [2.05, 4.69) is 10.1 Å². The number of carbonyl (C=O) groups excluding carboxylic acids is 2. The van der Waals surface area contributed by atoms with E-state index >= 15 is 0 Å². The molecular weight excluding hydrogens is 198 g/mol. The second-order valence-corrected chi connectivity index (χ2v) is 3.44. The molecule has 0 radical (unpaired) electrons. The minimum atomic E-state index is -0.808. The molecule has 1 aliphatic rings. The molecule has 15 heavy (non-hydrogen) atoms. The third-order valence-electron chi connectivity index (χ3n) is 2.29. The van der Waals surface area contributed by atoms with Gasteiger partial charge in [0.15, 0.2) is 0 Å². The summed E-state index contributed by atoms with van der Waals surface area (Å²) in [5.74, 6) is -1.46. The highest BCUT2D eigenvalue weighted by molar-refractivity contribution is 6.32. The molecule has 0 saturated heterocycles. The molecule has 5 heteroatoms. The number of carbonyl (C=O) groups is 2. The van der Waals surface area contributed by atoms with Crippen molar-refractivity contribution in [2.24, 2.45) is 0 Å². The summed E-state index contributed by atoms with van der Waals surface area (Å²) in [4.78, 5) is 22.1. The van der Waals surface area contributed by atoms with Crippen LogP contribution in [0.4, 0.5) is 0 Å². The first-order valence-electron chi connectivity index (χ1n) is 5.26. The van der Waals surface area contributed by atoms with Crippen molar-refractivity contribution in [3.63, 3.8) is 0 Å². The molecular formula is C10H17NO4. The largest absolute Gasteiger partial charge is 0.459 e. The number of esters is 1. The van der Waals surface area contributed by atoms with Crippen LogP contribution in [0.15, 0.2) is 0 Å². The average Bonchev–Trinajstić information content (AvgIpc) is 2.14. The second-order valence-electron chi connectivity index (χ2n) is 3.44. The Hall–Kier alpha value is -1.10. The molecule has 1 aliphatic carbocycles. The van der Waals surface area contributed by atoms with Crippen molar-refractivity contribution in [3.8, 4) is 0 Å². The van der Waals surface area contributed by atoms with Crippen LogP contribution in [0.25, 0.3) is 0 Å². The fourth-order valence-corrected chi connectivity index (χ4v) is 1.50. The lowest BCUT2D eigenvalue weighted by molar-refractivity contribution is -0.155. The normalized spacial score (nSPS) is 24.1. The predicted molar refractivity (Wildman–Crippen MR) is 53.2 cm³/mol. The zero-order valence-corrected chi connectivity index (χ0v) is 9.12. The topological polar surface area (TPSA) is 64.6 Å². The summed E-state index contributed by atoms with van der Waals surface area (Å²) in [5, 5.41) is 2.60. The first kappa shape index (κ1) is 12.0. The molecule has 0 atom stereocenters. The fraction of sp³-hybridized carbons (Fsp3) is 0.800. The molecule has 0 unspecified atom stereocenters. The van der Waals surface area contributed by atoms with E-state index in [1.54, 1.807) is 6.92 Å². The number of nitrogens with one attached hydrogen (secondary N) is 1. The Labute approximate surface area is 89.1 Å². The predicted octanol–water partition coefficient (Wildman–Crippen LogP) is 0.233. The molecule has 0 aliphatic heterocycles. The molecule has 5 nitrogen and oxygen atoms in total. The van der Waals surface area contributed by atoms with Crippen molar-refractivity contribution in [2.75, 3.05) is 13.2 Å². The van der Waals surface area contributed by atoms with Crippen molar-refractivity contribution in [2.45, 2.75) is 38.8 Å². The quantitative estimate of drug-likeness (QED) is 0.538. The highest BCUT2D eigenvalue weighted by Gasteiger charge is 2.32. The lowest BCUT2D eigenvalue weighted by Gasteiger charge is -2.34. The van der Waals surface area contributed by atoms with Gasteiger partial charge in [-0.2, -0.15) is 0 Å². The maximum Gasteiger partial charge on any atom is 0.396 e. The number of ether oxygens (including phenoxy) is 2. The zero-order valence-electron chi connectivity index (χ0n) is 9.12. The summed E-state index contributed by atoms with van der Waals surface area (Å²) >= 11 is 0. The molecule has 1 saturated carbocycles. The molecule has 0 aromatic rings. The van der Waals surface area contributed by atoms with Crippen LogP contribution in [0.5, 0.6) is 0 Å². The molecule has 0 heterocycles. The molecule has 0 aromatic heterocycles. The summed E-state index contributed by atoms with van der Waals surface area (Å²) in [6.45, 7) is 4.51. The van der Waals surface area contributed by atoms with Gasteiger partial charge in [-0.25, -0.2) is 4.79 Å². The van der Waals surface area contributed by atoms with Crippen molar-refractivity contribution < 1.29 is 19.1 Å². The molecule has 86 valence electrons. The van der Waals surface area contributed by atoms with Crippen molar-refractivity contribution in [3.05, 3.63) is 0 Å². The second kappa shape index (κ2) is 5.70. The number of rotatable bonds is 4. The van der Waals surface area contributed by atoms with Gasteiger partial charge in [-0.3, -0.25) is 4.79 Å². The molecule has 1 N–H and O–H groups in total. The highest BCUT2D eigenvalue weighted by Crippen LogP contribution is 2.22. The summed E-state index contributed by atoms with van der Waals surface area (Å²) in [5.41, 5.74) is 0. The standard InChI is InChI=1S/C10H17NO4/c1-3-14-8-5-7(6-8)11-9(12)10(13)15-4-2/h7-8H,3-6H2,1-2H3,(H,11,12). The van der Waals surface area contributed by atoms with Gasteiger partial charge in [0.05, 0.1) is 12.7 Å². The van der Waals surface area contributed by atoms with E-state index in [0.717, 1.165) is 12.8 Å². The Morgan fingerprint density at radius 3 is 2.47 bits per heavy atom. The summed E-state index contributed by atoms with van der Waals surface area (Å²) in [7, 11) is 0. The molecule has 0 aromatic carbocycles. The van der Waals surface area contributed by atoms with Crippen LogP contribution in [-0.4, -0.2) is 37.2 Å². The molecule has 1 fully saturated rings. The summed E-state index contributed by atoms with van der Waals surface area (Å²) in [6.07, 6.45) is 1.78. The van der Waals surface area contributed by atoms with Crippen LogP contribution in [0.1, 0.15) is 26.7 Å². The lowest BCUT2D eigenvalue weighted by atomic mass is 9.89. The van der Waals surface area contributed by atoms with Gasteiger partial charge in [-0.15, -0.1) is 0 Å². The van der Waals surface area contributed by atoms with Gasteiger partial charge in [0, 0.05) is 12.6 Å². The Kier molecular flexibility index (Phi) is 4.55. The third kappa shape index (κ3) is 3.51. The van der Waals surface area contributed by atoms with Crippen LogP contribution in [0.2, 0.25) is 0 Å². The van der Waals surface area contributed by atoms with Crippen LogP contribution < -0.4 is 5.32 Å². The van der Waals surface area contributed by atoms with E-state index in [9.17, 15) is 9.59 Å². The van der Waals surface area contributed by atoms with E-state index in [-0.39, 0.29) is 18.8 Å². The minimum absolute atomic E-state index is 0.0541. The number of hydrogen-bond donors (Lipinski definition) is 1. The van der Waals surface area contributed by atoms with Gasteiger partial charge in [0.1, 0.15) is 0 Å². The van der Waals surface area contributed by atoms with Crippen LogP contribution >= 0.6 is 0 Å². The Morgan fingerprint density at radius 2 is 1.93 bits per heavy atom. The fourth-order valence-electron chi connectivity index (χ4n) is 1.50. The van der Waals surface area contributed by atoms with E-state index in [1.807, 2.05) is 6.92 Å². The van der Waals surface area contributed by atoms with Crippen molar-refractivity contribution in [1.82, 2.24) is 5.32 Å². The third-order valence-corrected chi connectivity index (χ3v) is 2.29. The van der Waals surface area contributed by atoms with E-state index in [4.69, 9.17) is 4.74 Å². The number of amides is 1. The van der Waals surface area contributed by atoms with E-state index in [0.29, 0.717) is 6.61 Å². The summed E-state index contributed by atoms with van der Waals surface area (Å²) < 4.78 is 9.90. The molecule has 1 rings (SSSR count). The Morgan fingerprint density at radius 1 is 1.27 bits per heavy atom. The summed E-state index contributed by atoms with van der Waals surface area (Å²) in [6, 6.07) is 0.0541. The number of hydrogen-bond acceptors (Lipinski definition) is 4. The monoisotopic (exact) mass is 215 g/mol. The van der Waals surface area contributed by atoms with Gasteiger partial charge in [-0.1, -0.05) is 0 Å². The highest BCUT2D eigenvalue weighted by atomic mass is 16.5. The SMILES string of the molecule is CCOC(=O)C(=O)NC1CC(OCC)C1. The van der Waals surface area contributed by atoms with Gasteiger partial charge in [0.25, 0.3) is 0 Å². The van der Waals surface area contributed by atoms with Crippen LogP contribution in [0, 0.1) is 0 Å². The maximum atomic E-state index is 11.2. The van der Waals surface area contributed by atoms with Gasteiger partial charge in [-0.05, 0) is 26.7 Å². The first-order chi connectivity index (χ1) is 7.17.